The van der Waals surface area contributed by atoms with E-state index >= 15 is 0 Å². The molecule has 0 aromatic rings. The summed E-state index contributed by atoms with van der Waals surface area (Å²) in [7, 11) is 0. The lowest BCUT2D eigenvalue weighted by Crippen LogP contribution is -2.58. The van der Waals surface area contributed by atoms with Crippen LogP contribution in [-0.4, -0.2) is 62.8 Å². The molecule has 0 bridgehead atoms. The molecule has 0 spiro atoms. The highest BCUT2D eigenvalue weighted by Gasteiger charge is 2.24. The van der Waals surface area contributed by atoms with Gasteiger partial charge in [-0.3, -0.25) is 9.69 Å². The standard InChI is InChI=1S/C9H17N3O2/c13-9-8(10-1-2-11-9)7-12-3-5-14-6-4-12/h8,10H,1-7H2,(H,11,13). The monoisotopic (exact) mass is 199 g/mol. The summed E-state index contributed by atoms with van der Waals surface area (Å²) in [5.41, 5.74) is 0. The molecule has 2 N–H and O–H groups in total. The molecule has 1 atom stereocenters. The summed E-state index contributed by atoms with van der Waals surface area (Å²) in [6.45, 7) is 5.87. The third-order valence-corrected chi connectivity index (χ3v) is 2.68. The maximum absolute atomic E-state index is 11.4. The molecule has 2 aliphatic heterocycles. The fourth-order valence-corrected chi connectivity index (χ4v) is 1.84. The Balaban J connectivity index is 1.79. The number of piperazine rings is 1. The van der Waals surface area contributed by atoms with E-state index in [9.17, 15) is 4.79 Å². The number of carbonyl (C=O) groups is 1. The van der Waals surface area contributed by atoms with Crippen LogP contribution in [0.2, 0.25) is 0 Å². The minimum absolute atomic E-state index is 0.0400. The summed E-state index contributed by atoms with van der Waals surface area (Å²) in [5, 5.41) is 6.08. The number of rotatable bonds is 2. The smallest absolute Gasteiger partial charge is 0.238 e. The Morgan fingerprint density at radius 3 is 2.86 bits per heavy atom. The Labute approximate surface area is 83.8 Å². The number of amides is 1. The number of hydrogen-bond donors (Lipinski definition) is 2. The van der Waals surface area contributed by atoms with Crippen LogP contribution in [0, 0.1) is 0 Å². The highest BCUT2D eigenvalue weighted by molar-refractivity contribution is 5.82. The Morgan fingerprint density at radius 1 is 1.36 bits per heavy atom. The van der Waals surface area contributed by atoms with Crippen LogP contribution in [0.15, 0.2) is 0 Å². The van der Waals surface area contributed by atoms with E-state index in [1.165, 1.54) is 0 Å². The lowest BCUT2D eigenvalue weighted by molar-refractivity contribution is -0.125. The van der Waals surface area contributed by atoms with Gasteiger partial charge in [0.1, 0.15) is 0 Å². The van der Waals surface area contributed by atoms with E-state index < -0.39 is 0 Å². The van der Waals surface area contributed by atoms with Gasteiger partial charge in [-0.25, -0.2) is 0 Å². The average molecular weight is 199 g/mol. The Bertz CT molecular complexity index is 204. The van der Waals surface area contributed by atoms with Crippen molar-refractivity contribution in [2.75, 3.05) is 45.9 Å². The van der Waals surface area contributed by atoms with Gasteiger partial charge in [-0.15, -0.1) is 0 Å². The fourth-order valence-electron chi connectivity index (χ4n) is 1.84. The van der Waals surface area contributed by atoms with E-state index in [1.807, 2.05) is 0 Å². The van der Waals surface area contributed by atoms with Crippen molar-refractivity contribution in [3.05, 3.63) is 0 Å². The van der Waals surface area contributed by atoms with Crippen molar-refractivity contribution in [2.45, 2.75) is 6.04 Å². The third-order valence-electron chi connectivity index (χ3n) is 2.68. The van der Waals surface area contributed by atoms with Crippen molar-refractivity contribution in [3.63, 3.8) is 0 Å². The summed E-state index contributed by atoms with van der Waals surface area (Å²) < 4.78 is 5.25. The second-order valence-corrected chi connectivity index (χ2v) is 3.71. The lowest BCUT2D eigenvalue weighted by Gasteiger charge is -2.32. The van der Waals surface area contributed by atoms with E-state index in [-0.39, 0.29) is 11.9 Å². The first-order chi connectivity index (χ1) is 6.86. The normalized spacial score (nSPS) is 30.0. The first-order valence-electron chi connectivity index (χ1n) is 5.17. The summed E-state index contributed by atoms with van der Waals surface area (Å²) in [5.74, 6) is 0.128. The number of nitrogens with zero attached hydrogens (tertiary/aromatic N) is 1. The van der Waals surface area contributed by atoms with Gasteiger partial charge in [-0.1, -0.05) is 0 Å². The molecular formula is C9H17N3O2. The first-order valence-corrected chi connectivity index (χ1v) is 5.17. The largest absolute Gasteiger partial charge is 0.379 e. The van der Waals surface area contributed by atoms with Gasteiger partial charge < -0.3 is 15.4 Å². The number of hydrogen-bond acceptors (Lipinski definition) is 4. The Hall–Kier alpha value is -0.650. The molecule has 1 amide bonds. The predicted octanol–water partition coefficient (Wildman–Crippen LogP) is -1.59. The van der Waals surface area contributed by atoms with Crippen molar-refractivity contribution in [3.8, 4) is 0 Å². The molecule has 0 aliphatic carbocycles. The van der Waals surface area contributed by atoms with Crippen molar-refractivity contribution >= 4 is 5.91 Å². The summed E-state index contributed by atoms with van der Waals surface area (Å²) in [4.78, 5) is 13.7. The van der Waals surface area contributed by atoms with Crippen LogP contribution in [-0.2, 0) is 9.53 Å². The molecule has 1 unspecified atom stereocenters. The molecule has 2 rings (SSSR count). The number of nitrogens with one attached hydrogen (secondary N) is 2. The number of morpholine rings is 1. The quantitative estimate of drug-likeness (QED) is 0.563. The SMILES string of the molecule is O=C1NCCNC1CN1CCOCC1. The van der Waals surface area contributed by atoms with Gasteiger partial charge in [-0.05, 0) is 0 Å². The maximum Gasteiger partial charge on any atom is 0.238 e. The molecule has 80 valence electrons. The van der Waals surface area contributed by atoms with Crippen molar-refractivity contribution in [1.29, 1.82) is 0 Å². The van der Waals surface area contributed by atoms with Crippen LogP contribution in [0.1, 0.15) is 0 Å². The van der Waals surface area contributed by atoms with Crippen LogP contribution < -0.4 is 10.6 Å². The molecule has 0 saturated carbocycles. The van der Waals surface area contributed by atoms with E-state index in [2.05, 4.69) is 15.5 Å². The molecule has 14 heavy (non-hydrogen) atoms. The van der Waals surface area contributed by atoms with Crippen molar-refractivity contribution in [1.82, 2.24) is 15.5 Å². The molecule has 5 nitrogen and oxygen atoms in total. The lowest BCUT2D eigenvalue weighted by atomic mass is 10.2. The van der Waals surface area contributed by atoms with Crippen LogP contribution in [0.5, 0.6) is 0 Å². The fraction of sp³-hybridized carbons (Fsp3) is 0.889. The zero-order valence-corrected chi connectivity index (χ0v) is 8.29. The van der Waals surface area contributed by atoms with Crippen LogP contribution >= 0.6 is 0 Å². The third kappa shape index (κ3) is 2.43. The Kier molecular flexibility index (Phi) is 3.34. The molecule has 0 radical (unpaired) electrons. The van der Waals surface area contributed by atoms with Crippen LogP contribution in [0.3, 0.4) is 0 Å². The highest BCUT2D eigenvalue weighted by atomic mass is 16.5. The van der Waals surface area contributed by atoms with E-state index in [4.69, 9.17) is 4.74 Å². The molecule has 5 heteroatoms. The molecule has 2 saturated heterocycles. The molecule has 2 fully saturated rings. The van der Waals surface area contributed by atoms with E-state index in [0.717, 1.165) is 45.9 Å². The van der Waals surface area contributed by atoms with Gasteiger partial charge in [-0.2, -0.15) is 0 Å². The molecule has 0 aromatic heterocycles. The summed E-state index contributed by atoms with van der Waals surface area (Å²) in [6.07, 6.45) is 0. The van der Waals surface area contributed by atoms with Gasteiger partial charge in [0.15, 0.2) is 0 Å². The first kappa shape index (κ1) is 9.89. The predicted molar refractivity (Wildman–Crippen MR) is 52.1 cm³/mol. The average Bonchev–Trinajstić information content (AvgIpc) is 2.23. The van der Waals surface area contributed by atoms with Gasteiger partial charge >= 0.3 is 0 Å². The summed E-state index contributed by atoms with van der Waals surface area (Å²) in [6, 6.07) is -0.0400. The Morgan fingerprint density at radius 2 is 2.14 bits per heavy atom. The van der Waals surface area contributed by atoms with E-state index in [0.29, 0.717) is 0 Å². The molecule has 0 aromatic carbocycles. The van der Waals surface area contributed by atoms with Crippen molar-refractivity contribution in [2.24, 2.45) is 0 Å². The van der Waals surface area contributed by atoms with Crippen LogP contribution in [0.4, 0.5) is 0 Å². The molecular weight excluding hydrogens is 182 g/mol. The van der Waals surface area contributed by atoms with Crippen molar-refractivity contribution < 1.29 is 9.53 Å². The second kappa shape index (κ2) is 4.72. The minimum Gasteiger partial charge on any atom is -0.379 e. The second-order valence-electron chi connectivity index (χ2n) is 3.71. The van der Waals surface area contributed by atoms with Gasteiger partial charge in [0.25, 0.3) is 0 Å². The minimum atomic E-state index is -0.0400. The highest BCUT2D eigenvalue weighted by Crippen LogP contribution is 2.00. The molecule has 2 aliphatic rings. The number of carbonyl (C=O) groups excluding carboxylic acids is 1. The summed E-state index contributed by atoms with van der Waals surface area (Å²) >= 11 is 0. The van der Waals surface area contributed by atoms with Gasteiger partial charge in [0.05, 0.1) is 19.3 Å². The zero-order chi connectivity index (χ0) is 9.80. The maximum atomic E-state index is 11.4. The topological polar surface area (TPSA) is 53.6 Å². The molecule has 2 heterocycles. The van der Waals surface area contributed by atoms with Gasteiger partial charge in [0, 0.05) is 32.7 Å². The van der Waals surface area contributed by atoms with Crippen LogP contribution in [0.25, 0.3) is 0 Å². The van der Waals surface area contributed by atoms with Gasteiger partial charge in [0.2, 0.25) is 5.91 Å². The van der Waals surface area contributed by atoms with E-state index in [1.54, 1.807) is 0 Å². The number of ether oxygens (including phenoxy) is 1. The zero-order valence-electron chi connectivity index (χ0n) is 8.29.